The molecule has 0 amide bonds. The fraction of sp³-hybridized carbons (Fsp3) is 0.150. The fourth-order valence-electron chi connectivity index (χ4n) is 2.44. The standard InChI is InChI=1S/C20H17N3O3S/c1-14-6-5-9-16(10-14)24-12-18-22-23-20(26-18)27-13-19-21-11-17(25-19)15-7-3-2-4-8-15/h2-11H,12-13H2,1H3. The lowest BCUT2D eigenvalue weighted by Gasteiger charge is -2.03. The second kappa shape index (κ2) is 8.09. The van der Waals surface area contributed by atoms with Crippen LogP contribution in [-0.2, 0) is 12.4 Å². The molecule has 2 aromatic carbocycles. The van der Waals surface area contributed by atoms with Gasteiger partial charge in [-0.3, -0.25) is 0 Å². The van der Waals surface area contributed by atoms with Crippen molar-refractivity contribution in [2.24, 2.45) is 0 Å². The van der Waals surface area contributed by atoms with E-state index in [1.807, 2.05) is 61.5 Å². The summed E-state index contributed by atoms with van der Waals surface area (Å²) in [5.41, 5.74) is 2.13. The Hall–Kier alpha value is -3.06. The Kier molecular flexibility index (Phi) is 5.20. The highest BCUT2D eigenvalue weighted by molar-refractivity contribution is 7.98. The summed E-state index contributed by atoms with van der Waals surface area (Å²) in [6.07, 6.45) is 1.72. The van der Waals surface area contributed by atoms with Crippen LogP contribution in [0.3, 0.4) is 0 Å². The van der Waals surface area contributed by atoms with Crippen LogP contribution >= 0.6 is 11.8 Å². The van der Waals surface area contributed by atoms with Gasteiger partial charge in [0.2, 0.25) is 5.89 Å². The molecule has 4 aromatic rings. The van der Waals surface area contributed by atoms with Gasteiger partial charge >= 0.3 is 0 Å². The first-order valence-corrected chi connectivity index (χ1v) is 9.39. The summed E-state index contributed by atoms with van der Waals surface area (Å²) in [4.78, 5) is 4.30. The van der Waals surface area contributed by atoms with Gasteiger partial charge in [0.25, 0.3) is 11.1 Å². The second-order valence-electron chi connectivity index (χ2n) is 5.84. The van der Waals surface area contributed by atoms with E-state index in [1.54, 1.807) is 6.20 Å². The maximum absolute atomic E-state index is 5.77. The number of aryl methyl sites for hydroxylation is 1. The minimum Gasteiger partial charge on any atom is -0.484 e. The zero-order valence-corrected chi connectivity index (χ0v) is 15.5. The molecule has 27 heavy (non-hydrogen) atoms. The van der Waals surface area contributed by atoms with Gasteiger partial charge in [0.05, 0.1) is 11.9 Å². The quantitative estimate of drug-likeness (QED) is 0.423. The van der Waals surface area contributed by atoms with Crippen molar-refractivity contribution in [3.05, 3.63) is 78.1 Å². The van der Waals surface area contributed by atoms with E-state index >= 15 is 0 Å². The molecule has 7 heteroatoms. The minimum absolute atomic E-state index is 0.230. The predicted molar refractivity (Wildman–Crippen MR) is 101 cm³/mol. The molecule has 0 saturated carbocycles. The molecular formula is C20H17N3O3S. The topological polar surface area (TPSA) is 74.2 Å². The summed E-state index contributed by atoms with van der Waals surface area (Å²) >= 11 is 1.37. The molecule has 0 aliphatic rings. The van der Waals surface area contributed by atoms with Gasteiger partial charge in [0, 0.05) is 5.56 Å². The van der Waals surface area contributed by atoms with Crippen LogP contribution in [-0.4, -0.2) is 15.2 Å². The van der Waals surface area contributed by atoms with Crippen LogP contribution in [0.2, 0.25) is 0 Å². The van der Waals surface area contributed by atoms with Gasteiger partial charge < -0.3 is 13.6 Å². The van der Waals surface area contributed by atoms with Gasteiger partial charge in [-0.2, -0.15) is 0 Å². The Bertz CT molecular complexity index is 1010. The highest BCUT2D eigenvalue weighted by Crippen LogP contribution is 2.25. The second-order valence-corrected chi connectivity index (χ2v) is 6.77. The number of ether oxygens (including phenoxy) is 1. The smallest absolute Gasteiger partial charge is 0.277 e. The van der Waals surface area contributed by atoms with Gasteiger partial charge in [0.1, 0.15) is 5.75 Å². The molecule has 0 radical (unpaired) electrons. The highest BCUT2D eigenvalue weighted by Gasteiger charge is 2.11. The van der Waals surface area contributed by atoms with Crippen molar-refractivity contribution in [1.82, 2.24) is 15.2 Å². The normalized spacial score (nSPS) is 10.9. The molecule has 0 unspecified atom stereocenters. The summed E-state index contributed by atoms with van der Waals surface area (Å²) in [5.74, 6) is 3.05. The minimum atomic E-state index is 0.230. The molecule has 0 N–H and O–H groups in total. The summed E-state index contributed by atoms with van der Waals surface area (Å²) in [7, 11) is 0. The van der Waals surface area contributed by atoms with E-state index < -0.39 is 0 Å². The molecule has 0 aliphatic carbocycles. The van der Waals surface area contributed by atoms with Crippen molar-refractivity contribution in [3.63, 3.8) is 0 Å². The Labute approximate surface area is 160 Å². The molecule has 4 rings (SSSR count). The molecule has 2 heterocycles. The molecule has 0 aliphatic heterocycles. The molecule has 0 fully saturated rings. The summed E-state index contributed by atoms with van der Waals surface area (Å²) in [6.45, 7) is 2.24. The van der Waals surface area contributed by atoms with E-state index in [2.05, 4.69) is 15.2 Å². The number of oxazole rings is 1. The number of aromatic nitrogens is 3. The van der Waals surface area contributed by atoms with E-state index in [-0.39, 0.29) is 6.61 Å². The monoisotopic (exact) mass is 379 g/mol. The number of nitrogens with zero attached hydrogens (tertiary/aromatic N) is 3. The van der Waals surface area contributed by atoms with E-state index in [1.165, 1.54) is 11.8 Å². The van der Waals surface area contributed by atoms with E-state index in [9.17, 15) is 0 Å². The molecule has 0 spiro atoms. The van der Waals surface area contributed by atoms with Crippen LogP contribution in [0.25, 0.3) is 11.3 Å². The fourth-order valence-corrected chi connectivity index (χ4v) is 3.08. The van der Waals surface area contributed by atoms with Crippen molar-refractivity contribution in [2.45, 2.75) is 24.5 Å². The number of thioether (sulfide) groups is 1. The van der Waals surface area contributed by atoms with Crippen molar-refractivity contribution in [2.75, 3.05) is 0 Å². The van der Waals surface area contributed by atoms with Crippen LogP contribution in [0.15, 0.2) is 74.9 Å². The lowest BCUT2D eigenvalue weighted by atomic mass is 10.2. The van der Waals surface area contributed by atoms with Crippen LogP contribution in [0.5, 0.6) is 5.75 Å². The first kappa shape index (κ1) is 17.4. The van der Waals surface area contributed by atoms with E-state index in [0.717, 1.165) is 22.6 Å². The molecule has 6 nitrogen and oxygen atoms in total. The van der Waals surface area contributed by atoms with Crippen molar-refractivity contribution in [3.8, 4) is 17.1 Å². The van der Waals surface area contributed by atoms with E-state index in [4.69, 9.17) is 13.6 Å². The van der Waals surface area contributed by atoms with Crippen LogP contribution in [0.1, 0.15) is 17.3 Å². The first-order valence-electron chi connectivity index (χ1n) is 8.41. The third-order valence-corrected chi connectivity index (χ3v) is 4.53. The zero-order valence-electron chi connectivity index (χ0n) is 14.7. The Morgan fingerprint density at radius 3 is 2.70 bits per heavy atom. The highest BCUT2D eigenvalue weighted by atomic mass is 32.2. The molecule has 0 bridgehead atoms. The van der Waals surface area contributed by atoms with Gasteiger partial charge in [-0.25, -0.2) is 4.98 Å². The summed E-state index contributed by atoms with van der Waals surface area (Å²) in [6, 6.07) is 17.7. The number of benzene rings is 2. The Balaban J connectivity index is 1.31. The van der Waals surface area contributed by atoms with Gasteiger partial charge in [0.15, 0.2) is 12.4 Å². The van der Waals surface area contributed by atoms with Gasteiger partial charge in [-0.15, -0.1) is 10.2 Å². The molecule has 0 saturated heterocycles. The van der Waals surface area contributed by atoms with Crippen LogP contribution in [0.4, 0.5) is 0 Å². The lowest BCUT2D eigenvalue weighted by Crippen LogP contribution is -1.95. The van der Waals surface area contributed by atoms with Gasteiger partial charge in [-0.1, -0.05) is 54.2 Å². The molecule has 2 aromatic heterocycles. The number of rotatable bonds is 7. The molecular weight excluding hydrogens is 362 g/mol. The molecule has 136 valence electrons. The van der Waals surface area contributed by atoms with Crippen molar-refractivity contribution in [1.29, 1.82) is 0 Å². The maximum Gasteiger partial charge on any atom is 0.277 e. The average molecular weight is 379 g/mol. The molecule has 0 atom stereocenters. The number of hydrogen-bond acceptors (Lipinski definition) is 7. The predicted octanol–water partition coefficient (Wildman–Crippen LogP) is 4.90. The zero-order chi connectivity index (χ0) is 18.5. The van der Waals surface area contributed by atoms with E-state index in [0.29, 0.717) is 22.8 Å². The van der Waals surface area contributed by atoms with Crippen molar-refractivity contribution >= 4 is 11.8 Å². The van der Waals surface area contributed by atoms with Crippen LogP contribution in [0, 0.1) is 6.92 Å². The van der Waals surface area contributed by atoms with Crippen LogP contribution < -0.4 is 4.74 Å². The van der Waals surface area contributed by atoms with Gasteiger partial charge in [-0.05, 0) is 24.6 Å². The summed E-state index contributed by atoms with van der Waals surface area (Å²) in [5, 5.41) is 8.48. The first-order chi connectivity index (χ1) is 13.3. The average Bonchev–Trinajstić information content (AvgIpc) is 3.35. The van der Waals surface area contributed by atoms with Crippen molar-refractivity contribution < 1.29 is 13.6 Å². The SMILES string of the molecule is Cc1cccc(OCc2nnc(SCc3ncc(-c4ccccc4)o3)o2)c1. The Morgan fingerprint density at radius 1 is 0.963 bits per heavy atom. The number of hydrogen-bond donors (Lipinski definition) is 0. The third kappa shape index (κ3) is 4.57. The lowest BCUT2D eigenvalue weighted by molar-refractivity contribution is 0.252. The third-order valence-electron chi connectivity index (χ3n) is 3.73. The largest absolute Gasteiger partial charge is 0.484 e. The Morgan fingerprint density at radius 2 is 1.85 bits per heavy atom. The summed E-state index contributed by atoms with van der Waals surface area (Å²) < 4.78 is 17.0. The maximum atomic E-state index is 5.77.